The van der Waals surface area contributed by atoms with Crippen LogP contribution in [-0.4, -0.2) is 18.6 Å². The van der Waals surface area contributed by atoms with Crippen LogP contribution in [0, 0.1) is 5.92 Å². The molecular formula is C12H28N4O. The summed E-state index contributed by atoms with van der Waals surface area (Å²) in [6, 6.07) is 0. The van der Waals surface area contributed by atoms with E-state index < -0.39 is 0 Å². The molecule has 0 aromatic carbocycles. The van der Waals surface area contributed by atoms with Crippen molar-refractivity contribution in [2.75, 3.05) is 6.54 Å². The molecule has 5 heteroatoms. The van der Waals surface area contributed by atoms with Crippen LogP contribution in [0.15, 0.2) is 0 Å². The molecule has 0 aliphatic heterocycles. The molecule has 0 aromatic rings. The van der Waals surface area contributed by atoms with E-state index >= 15 is 0 Å². The molecule has 102 valence electrons. The second kappa shape index (κ2) is 10.5. The molecule has 1 atom stereocenters. The number of carbonyl (C=O) groups excluding carboxylic acids is 1. The van der Waals surface area contributed by atoms with Crippen LogP contribution in [0.1, 0.15) is 51.4 Å². The van der Waals surface area contributed by atoms with Crippen LogP contribution in [0.2, 0.25) is 0 Å². The summed E-state index contributed by atoms with van der Waals surface area (Å²) in [5, 5.41) is 0. The van der Waals surface area contributed by atoms with Gasteiger partial charge >= 0.3 is 0 Å². The molecule has 0 saturated carbocycles. The molecule has 0 radical (unpaired) electrons. The molecule has 0 saturated heterocycles. The highest BCUT2D eigenvalue weighted by molar-refractivity contribution is 5.76. The Balaban J connectivity index is 3.59. The number of hydrogen-bond acceptors (Lipinski definition) is 4. The first-order valence-electron chi connectivity index (χ1n) is 6.58. The second-order valence-corrected chi connectivity index (χ2v) is 4.69. The number of hydrogen-bond donors (Lipinski definition) is 4. The molecule has 0 aromatic heterocycles. The van der Waals surface area contributed by atoms with Crippen LogP contribution in [-0.2, 0) is 4.79 Å². The molecule has 0 aliphatic carbocycles. The average Bonchev–Trinajstić information content (AvgIpc) is 2.25. The first-order valence-corrected chi connectivity index (χ1v) is 6.58. The second-order valence-electron chi connectivity index (χ2n) is 4.69. The van der Waals surface area contributed by atoms with E-state index in [4.69, 9.17) is 22.9 Å². The van der Waals surface area contributed by atoms with Crippen molar-refractivity contribution in [3.8, 4) is 0 Å². The number of amides is 1. The van der Waals surface area contributed by atoms with Gasteiger partial charge in [-0.2, -0.15) is 0 Å². The molecule has 0 spiro atoms. The Morgan fingerprint density at radius 1 is 0.882 bits per heavy atom. The summed E-state index contributed by atoms with van der Waals surface area (Å²) in [6.07, 6.45) is 7.41. The van der Waals surface area contributed by atoms with Crippen molar-refractivity contribution in [3.05, 3.63) is 0 Å². The lowest BCUT2D eigenvalue weighted by Crippen LogP contribution is -2.29. The topological polar surface area (TPSA) is 121 Å². The summed E-state index contributed by atoms with van der Waals surface area (Å²) in [5.41, 5.74) is 21.7. The van der Waals surface area contributed by atoms with Gasteiger partial charge in [-0.1, -0.05) is 25.7 Å². The van der Waals surface area contributed by atoms with E-state index in [9.17, 15) is 4.79 Å². The molecule has 17 heavy (non-hydrogen) atoms. The van der Waals surface area contributed by atoms with E-state index in [1.807, 2.05) is 0 Å². The average molecular weight is 244 g/mol. The minimum absolute atomic E-state index is 0.00750. The first kappa shape index (κ1) is 16.4. The predicted molar refractivity (Wildman–Crippen MR) is 70.8 cm³/mol. The molecule has 1 amide bonds. The van der Waals surface area contributed by atoms with Gasteiger partial charge in [0.2, 0.25) is 5.91 Å². The maximum absolute atomic E-state index is 11.2. The highest BCUT2D eigenvalue weighted by Gasteiger charge is 2.14. The fourth-order valence-electron chi connectivity index (χ4n) is 1.91. The number of primary amides is 1. The molecule has 0 bridgehead atoms. The zero-order chi connectivity index (χ0) is 13.1. The zero-order valence-electron chi connectivity index (χ0n) is 10.7. The van der Waals surface area contributed by atoms with Gasteiger partial charge in [-0.15, -0.1) is 0 Å². The largest absolute Gasteiger partial charge is 0.369 e. The number of rotatable bonds is 11. The van der Waals surface area contributed by atoms with Crippen molar-refractivity contribution in [3.63, 3.8) is 0 Å². The van der Waals surface area contributed by atoms with Crippen LogP contribution in [0.25, 0.3) is 0 Å². The zero-order valence-corrected chi connectivity index (χ0v) is 10.7. The van der Waals surface area contributed by atoms with Crippen LogP contribution in [0.3, 0.4) is 0 Å². The summed E-state index contributed by atoms with van der Waals surface area (Å²) >= 11 is 0. The van der Waals surface area contributed by atoms with Crippen LogP contribution in [0.4, 0.5) is 0 Å². The van der Waals surface area contributed by atoms with E-state index in [0.717, 1.165) is 51.4 Å². The van der Waals surface area contributed by atoms with E-state index in [2.05, 4.69) is 0 Å². The van der Waals surface area contributed by atoms with Gasteiger partial charge in [0, 0.05) is 5.92 Å². The van der Waals surface area contributed by atoms with Gasteiger partial charge in [0.1, 0.15) is 0 Å². The lowest BCUT2D eigenvalue weighted by molar-refractivity contribution is -0.122. The maximum Gasteiger partial charge on any atom is 0.220 e. The molecule has 0 aliphatic rings. The Morgan fingerprint density at radius 2 is 1.41 bits per heavy atom. The van der Waals surface area contributed by atoms with Gasteiger partial charge in [-0.05, 0) is 32.2 Å². The smallest absolute Gasteiger partial charge is 0.220 e. The lowest BCUT2D eigenvalue weighted by atomic mass is 9.94. The third-order valence-corrected chi connectivity index (χ3v) is 3.00. The van der Waals surface area contributed by atoms with Gasteiger partial charge in [0.25, 0.3) is 0 Å². The number of unbranched alkanes of at least 4 members (excludes halogenated alkanes) is 3. The molecule has 1 unspecified atom stereocenters. The van der Waals surface area contributed by atoms with Gasteiger partial charge in [0.05, 0.1) is 6.17 Å². The highest BCUT2D eigenvalue weighted by atomic mass is 16.1. The first-order chi connectivity index (χ1) is 8.07. The van der Waals surface area contributed by atoms with Gasteiger partial charge < -0.3 is 22.9 Å². The summed E-state index contributed by atoms with van der Waals surface area (Å²) in [6.45, 7) is 0.680. The number of carbonyl (C=O) groups is 1. The van der Waals surface area contributed by atoms with Gasteiger partial charge in [-0.25, -0.2) is 0 Å². The normalized spacial score (nSPS) is 12.9. The summed E-state index contributed by atoms with van der Waals surface area (Å²) < 4.78 is 0. The Kier molecular flexibility index (Phi) is 10.1. The molecular weight excluding hydrogens is 216 g/mol. The van der Waals surface area contributed by atoms with Crippen molar-refractivity contribution in [2.24, 2.45) is 28.9 Å². The van der Waals surface area contributed by atoms with Gasteiger partial charge in [0.15, 0.2) is 0 Å². The van der Waals surface area contributed by atoms with Crippen LogP contribution in [0.5, 0.6) is 0 Å². The quantitative estimate of drug-likeness (QED) is 0.310. The Bertz CT molecular complexity index is 197. The monoisotopic (exact) mass is 244 g/mol. The van der Waals surface area contributed by atoms with Gasteiger partial charge in [-0.3, -0.25) is 4.79 Å². The molecule has 5 nitrogen and oxygen atoms in total. The van der Waals surface area contributed by atoms with E-state index in [0.29, 0.717) is 6.54 Å². The predicted octanol–water partition coefficient (Wildman–Crippen LogP) is 0.411. The standard InChI is InChI=1S/C12H28N4O/c13-9-5-4-7-10(12(16)17)6-2-1-3-8-11(14)15/h10-11H,1-9,13-15H2,(H2,16,17). The minimum Gasteiger partial charge on any atom is -0.369 e. The summed E-state index contributed by atoms with van der Waals surface area (Å²) in [7, 11) is 0. The maximum atomic E-state index is 11.2. The Hall–Kier alpha value is -0.650. The van der Waals surface area contributed by atoms with Crippen molar-refractivity contribution < 1.29 is 4.79 Å². The van der Waals surface area contributed by atoms with E-state index in [-0.39, 0.29) is 18.0 Å². The van der Waals surface area contributed by atoms with Crippen molar-refractivity contribution >= 4 is 5.91 Å². The van der Waals surface area contributed by atoms with Crippen molar-refractivity contribution in [1.29, 1.82) is 0 Å². The fourth-order valence-corrected chi connectivity index (χ4v) is 1.91. The third-order valence-electron chi connectivity index (χ3n) is 3.00. The molecule has 8 N–H and O–H groups in total. The van der Waals surface area contributed by atoms with E-state index in [1.54, 1.807) is 0 Å². The summed E-state index contributed by atoms with van der Waals surface area (Å²) in [5.74, 6) is -0.175. The van der Waals surface area contributed by atoms with E-state index in [1.165, 1.54) is 0 Å². The third kappa shape index (κ3) is 10.2. The fraction of sp³-hybridized carbons (Fsp3) is 0.917. The highest BCUT2D eigenvalue weighted by Crippen LogP contribution is 2.16. The Morgan fingerprint density at radius 3 is 1.88 bits per heavy atom. The van der Waals surface area contributed by atoms with Crippen molar-refractivity contribution in [2.45, 2.75) is 57.5 Å². The lowest BCUT2D eigenvalue weighted by Gasteiger charge is -2.13. The minimum atomic E-state index is -0.216. The SMILES string of the molecule is NCCCCC(CCCCCC(N)N)C(N)=O. The molecule has 0 fully saturated rings. The number of nitrogens with two attached hydrogens (primary N) is 4. The molecule has 0 rings (SSSR count). The summed E-state index contributed by atoms with van der Waals surface area (Å²) in [4.78, 5) is 11.2. The Labute approximate surface area is 104 Å². The van der Waals surface area contributed by atoms with Crippen LogP contribution < -0.4 is 22.9 Å². The van der Waals surface area contributed by atoms with Crippen molar-refractivity contribution in [1.82, 2.24) is 0 Å². The molecule has 0 heterocycles. The van der Waals surface area contributed by atoms with Crippen LogP contribution >= 0.6 is 0 Å².